The van der Waals surface area contributed by atoms with Gasteiger partial charge in [0.2, 0.25) is 0 Å². The largest absolute Gasteiger partial charge is 0.370 e. The maximum absolute atomic E-state index is 5.39. The SMILES string of the molecule is C=C/C=C(\N=C(N)N)Nc1ccc(Sc2ccncc2)cc1. The van der Waals surface area contributed by atoms with Gasteiger partial charge in [-0.05, 0) is 42.5 Å². The molecule has 0 aliphatic rings. The first-order chi connectivity index (χ1) is 10.7. The molecule has 1 aromatic carbocycles. The Morgan fingerprint density at radius 1 is 1.09 bits per heavy atom. The fraction of sp³-hybridized carbons (Fsp3) is 0. The fourth-order valence-electron chi connectivity index (χ4n) is 1.65. The molecule has 0 fully saturated rings. The number of guanidine groups is 1. The van der Waals surface area contributed by atoms with Crippen molar-refractivity contribution in [2.45, 2.75) is 9.79 Å². The highest BCUT2D eigenvalue weighted by molar-refractivity contribution is 7.99. The van der Waals surface area contributed by atoms with Gasteiger partial charge in [0.05, 0.1) is 0 Å². The number of hydrogen-bond donors (Lipinski definition) is 3. The molecule has 5 nitrogen and oxygen atoms in total. The van der Waals surface area contributed by atoms with Gasteiger partial charge < -0.3 is 16.8 Å². The molecule has 22 heavy (non-hydrogen) atoms. The topological polar surface area (TPSA) is 89.3 Å². The van der Waals surface area contributed by atoms with Gasteiger partial charge in [0.25, 0.3) is 0 Å². The monoisotopic (exact) mass is 311 g/mol. The molecular formula is C16H17N5S. The van der Waals surface area contributed by atoms with Crippen molar-refractivity contribution in [3.63, 3.8) is 0 Å². The first-order valence-corrected chi connectivity index (χ1v) is 7.36. The van der Waals surface area contributed by atoms with Crippen LogP contribution in [-0.2, 0) is 0 Å². The molecule has 2 rings (SSSR count). The van der Waals surface area contributed by atoms with Crippen LogP contribution in [0.15, 0.2) is 88.1 Å². The molecule has 0 bridgehead atoms. The molecule has 0 spiro atoms. The zero-order valence-electron chi connectivity index (χ0n) is 11.9. The highest BCUT2D eigenvalue weighted by atomic mass is 32.2. The van der Waals surface area contributed by atoms with Gasteiger partial charge in [0, 0.05) is 27.9 Å². The minimum absolute atomic E-state index is 0.00883. The van der Waals surface area contributed by atoms with E-state index in [0.717, 1.165) is 15.5 Å². The minimum Gasteiger partial charge on any atom is -0.370 e. The normalized spacial score (nSPS) is 10.8. The van der Waals surface area contributed by atoms with Crippen molar-refractivity contribution in [2.75, 3.05) is 5.32 Å². The summed E-state index contributed by atoms with van der Waals surface area (Å²) < 4.78 is 0. The summed E-state index contributed by atoms with van der Waals surface area (Å²) >= 11 is 1.67. The maximum Gasteiger partial charge on any atom is 0.192 e. The van der Waals surface area contributed by atoms with E-state index in [-0.39, 0.29) is 5.96 Å². The second kappa shape index (κ2) is 7.90. The lowest BCUT2D eigenvalue weighted by Gasteiger charge is -2.08. The van der Waals surface area contributed by atoms with Gasteiger partial charge in [-0.1, -0.05) is 24.4 Å². The van der Waals surface area contributed by atoms with E-state index in [2.05, 4.69) is 21.9 Å². The van der Waals surface area contributed by atoms with E-state index >= 15 is 0 Å². The fourth-order valence-corrected chi connectivity index (χ4v) is 2.46. The maximum atomic E-state index is 5.39. The average Bonchev–Trinajstić information content (AvgIpc) is 2.50. The summed E-state index contributed by atoms with van der Waals surface area (Å²) in [5, 5.41) is 3.13. The summed E-state index contributed by atoms with van der Waals surface area (Å²) in [6.45, 7) is 3.63. The number of benzene rings is 1. The Hall–Kier alpha value is -2.73. The van der Waals surface area contributed by atoms with Crippen LogP contribution in [-0.4, -0.2) is 10.9 Å². The average molecular weight is 311 g/mol. The Morgan fingerprint density at radius 2 is 1.73 bits per heavy atom. The highest BCUT2D eigenvalue weighted by Crippen LogP contribution is 2.28. The lowest BCUT2D eigenvalue weighted by atomic mass is 10.3. The van der Waals surface area contributed by atoms with Crippen LogP contribution in [0.2, 0.25) is 0 Å². The van der Waals surface area contributed by atoms with Crippen LogP contribution in [0.25, 0.3) is 0 Å². The molecule has 0 radical (unpaired) electrons. The molecule has 0 saturated heterocycles. The van der Waals surface area contributed by atoms with Gasteiger partial charge in [-0.15, -0.1) is 0 Å². The first kappa shape index (κ1) is 15.7. The summed E-state index contributed by atoms with van der Waals surface area (Å²) in [5.74, 6) is 0.523. The molecule has 0 saturated carbocycles. The zero-order chi connectivity index (χ0) is 15.8. The number of nitrogens with two attached hydrogens (primary N) is 2. The van der Waals surface area contributed by atoms with E-state index in [9.17, 15) is 0 Å². The van der Waals surface area contributed by atoms with Crippen molar-refractivity contribution in [2.24, 2.45) is 16.5 Å². The Labute approximate surface area is 133 Å². The lowest BCUT2D eigenvalue weighted by Crippen LogP contribution is -2.23. The summed E-state index contributed by atoms with van der Waals surface area (Å²) in [4.78, 5) is 10.3. The third-order valence-corrected chi connectivity index (χ3v) is 3.55. The Kier molecular flexibility index (Phi) is 5.62. The Balaban J connectivity index is 2.07. The molecule has 112 valence electrons. The van der Waals surface area contributed by atoms with Gasteiger partial charge >= 0.3 is 0 Å². The van der Waals surface area contributed by atoms with Gasteiger partial charge in [0.1, 0.15) is 5.82 Å². The third kappa shape index (κ3) is 4.99. The van der Waals surface area contributed by atoms with Crippen molar-refractivity contribution in [3.8, 4) is 0 Å². The third-order valence-electron chi connectivity index (χ3n) is 2.54. The number of aliphatic imine (C=N–C) groups is 1. The quantitative estimate of drug-likeness (QED) is 0.433. The van der Waals surface area contributed by atoms with Crippen LogP contribution in [0.4, 0.5) is 5.69 Å². The molecule has 1 heterocycles. The number of aromatic nitrogens is 1. The molecule has 1 aromatic heterocycles. The predicted molar refractivity (Wildman–Crippen MR) is 92.5 cm³/mol. The number of hydrogen-bond acceptors (Lipinski definition) is 4. The van der Waals surface area contributed by atoms with Crippen molar-refractivity contribution >= 4 is 23.4 Å². The Bertz CT molecular complexity index is 673. The summed E-state index contributed by atoms with van der Waals surface area (Å²) in [6.07, 6.45) is 6.86. The lowest BCUT2D eigenvalue weighted by molar-refractivity contribution is 1.25. The van der Waals surface area contributed by atoms with Crippen LogP contribution in [0.5, 0.6) is 0 Å². The van der Waals surface area contributed by atoms with E-state index in [0.29, 0.717) is 5.82 Å². The van der Waals surface area contributed by atoms with Gasteiger partial charge in [-0.3, -0.25) is 4.98 Å². The van der Waals surface area contributed by atoms with E-state index in [1.807, 2.05) is 36.4 Å². The van der Waals surface area contributed by atoms with Crippen LogP contribution in [0, 0.1) is 0 Å². The first-order valence-electron chi connectivity index (χ1n) is 6.54. The zero-order valence-corrected chi connectivity index (χ0v) is 12.8. The van der Waals surface area contributed by atoms with E-state index in [1.165, 1.54) is 0 Å². The molecule has 6 heteroatoms. The molecule has 0 amide bonds. The summed E-state index contributed by atoms with van der Waals surface area (Å²) in [6, 6.07) is 11.9. The van der Waals surface area contributed by atoms with Crippen LogP contribution < -0.4 is 16.8 Å². The van der Waals surface area contributed by atoms with Crippen LogP contribution in [0.1, 0.15) is 0 Å². The van der Waals surface area contributed by atoms with Crippen molar-refractivity contribution < 1.29 is 0 Å². The van der Waals surface area contributed by atoms with Gasteiger partial charge in [-0.25, -0.2) is 0 Å². The molecule has 5 N–H and O–H groups in total. The number of allylic oxidation sites excluding steroid dienone is 2. The van der Waals surface area contributed by atoms with Crippen molar-refractivity contribution in [1.82, 2.24) is 4.98 Å². The number of nitrogens with zero attached hydrogens (tertiary/aromatic N) is 2. The number of pyridine rings is 1. The number of anilines is 1. The number of rotatable bonds is 6. The van der Waals surface area contributed by atoms with Crippen molar-refractivity contribution in [1.29, 1.82) is 0 Å². The molecule has 0 aliphatic heterocycles. The number of nitrogens with one attached hydrogen (secondary N) is 1. The van der Waals surface area contributed by atoms with Crippen LogP contribution >= 0.6 is 11.8 Å². The van der Waals surface area contributed by atoms with E-state index < -0.39 is 0 Å². The molecule has 0 aliphatic carbocycles. The molecule has 0 atom stereocenters. The standard InChI is InChI=1S/C16H17N5S/c1-2-3-15(21-16(17)18)20-12-4-6-13(7-5-12)22-14-8-10-19-11-9-14/h2-11,20H,1H2,(H4,17,18,21)/b15-3-. The second-order valence-electron chi connectivity index (χ2n) is 4.26. The van der Waals surface area contributed by atoms with Gasteiger partial charge in [0.15, 0.2) is 5.96 Å². The summed E-state index contributed by atoms with van der Waals surface area (Å²) in [5.41, 5.74) is 11.7. The van der Waals surface area contributed by atoms with E-state index in [4.69, 9.17) is 11.5 Å². The summed E-state index contributed by atoms with van der Waals surface area (Å²) in [7, 11) is 0. The predicted octanol–water partition coefficient (Wildman–Crippen LogP) is 2.95. The minimum atomic E-state index is -0.00883. The van der Waals surface area contributed by atoms with Crippen molar-refractivity contribution in [3.05, 3.63) is 73.3 Å². The highest BCUT2D eigenvalue weighted by Gasteiger charge is 1.99. The smallest absolute Gasteiger partial charge is 0.192 e. The molecule has 2 aromatic rings. The van der Waals surface area contributed by atoms with Gasteiger partial charge in [-0.2, -0.15) is 4.99 Å². The second-order valence-corrected chi connectivity index (χ2v) is 5.41. The molecular weight excluding hydrogens is 294 g/mol. The van der Waals surface area contributed by atoms with Crippen LogP contribution in [0.3, 0.4) is 0 Å². The molecule has 0 unspecified atom stereocenters. The van der Waals surface area contributed by atoms with E-state index in [1.54, 1.807) is 36.3 Å². The Morgan fingerprint density at radius 3 is 2.32 bits per heavy atom.